The summed E-state index contributed by atoms with van der Waals surface area (Å²) in [6.07, 6.45) is 2.34. The first kappa shape index (κ1) is 15.0. The maximum absolute atomic E-state index is 12.1. The van der Waals surface area contributed by atoms with Crippen LogP contribution in [0.2, 0.25) is 0 Å². The van der Waals surface area contributed by atoms with Crippen LogP contribution < -0.4 is 10.1 Å². The first-order chi connectivity index (χ1) is 10.7. The van der Waals surface area contributed by atoms with Gasteiger partial charge in [0.15, 0.2) is 5.13 Å². The van der Waals surface area contributed by atoms with E-state index in [0.29, 0.717) is 17.3 Å². The fourth-order valence-corrected chi connectivity index (χ4v) is 2.93. The van der Waals surface area contributed by atoms with Crippen LogP contribution in [0.25, 0.3) is 0 Å². The lowest BCUT2D eigenvalue weighted by atomic mass is 10.2. The summed E-state index contributed by atoms with van der Waals surface area (Å²) in [4.78, 5) is 16.3. The number of carbonyl (C=O) groups excluding carboxylic acids is 1. The molecule has 0 spiro atoms. The number of thiazole rings is 1. The molecular weight excluding hydrogens is 300 g/mol. The van der Waals surface area contributed by atoms with Crippen molar-refractivity contribution in [1.82, 2.24) is 4.98 Å². The molecule has 1 aliphatic heterocycles. The van der Waals surface area contributed by atoms with Crippen LogP contribution >= 0.6 is 11.3 Å². The molecule has 1 aliphatic rings. The number of ether oxygens (including phenoxy) is 2. The maximum Gasteiger partial charge on any atom is 0.257 e. The Morgan fingerprint density at radius 2 is 2.27 bits per heavy atom. The third-order valence-corrected chi connectivity index (χ3v) is 4.29. The third-order valence-electron chi connectivity index (χ3n) is 3.42. The number of rotatable bonds is 5. The topological polar surface area (TPSA) is 60.5 Å². The SMILES string of the molecule is Cc1csc(NC(=O)c2ccc(OC[C@H]3CCCO3)cc2)n1. The van der Waals surface area contributed by atoms with Crippen molar-refractivity contribution in [2.45, 2.75) is 25.9 Å². The highest BCUT2D eigenvalue weighted by Crippen LogP contribution is 2.18. The number of aromatic nitrogens is 1. The van der Waals surface area contributed by atoms with E-state index in [1.54, 1.807) is 24.3 Å². The smallest absolute Gasteiger partial charge is 0.257 e. The molecular formula is C16H18N2O3S. The molecule has 1 atom stereocenters. The standard InChI is InChI=1S/C16H18N2O3S/c1-11-10-22-16(17-11)18-15(19)12-4-6-13(7-5-12)21-9-14-3-2-8-20-14/h4-7,10,14H,2-3,8-9H2,1H3,(H,17,18,19)/t14-/m1/s1. The van der Waals surface area contributed by atoms with Crippen LogP contribution in [-0.4, -0.2) is 30.2 Å². The first-order valence-corrected chi connectivity index (χ1v) is 8.16. The van der Waals surface area contributed by atoms with Gasteiger partial charge in [0.05, 0.1) is 11.8 Å². The number of nitrogens with one attached hydrogen (secondary N) is 1. The highest BCUT2D eigenvalue weighted by molar-refractivity contribution is 7.13. The van der Waals surface area contributed by atoms with Gasteiger partial charge in [-0.25, -0.2) is 4.98 Å². The van der Waals surface area contributed by atoms with Gasteiger partial charge in [-0.15, -0.1) is 11.3 Å². The van der Waals surface area contributed by atoms with Crippen molar-refractivity contribution >= 4 is 22.4 Å². The zero-order valence-electron chi connectivity index (χ0n) is 12.4. The van der Waals surface area contributed by atoms with Crippen molar-refractivity contribution < 1.29 is 14.3 Å². The minimum absolute atomic E-state index is 0.167. The van der Waals surface area contributed by atoms with Crippen molar-refractivity contribution in [1.29, 1.82) is 0 Å². The summed E-state index contributed by atoms with van der Waals surface area (Å²) < 4.78 is 11.2. The highest BCUT2D eigenvalue weighted by atomic mass is 32.1. The number of aryl methyl sites for hydroxylation is 1. The van der Waals surface area contributed by atoms with E-state index >= 15 is 0 Å². The average molecular weight is 318 g/mol. The van der Waals surface area contributed by atoms with E-state index in [0.717, 1.165) is 30.9 Å². The summed E-state index contributed by atoms with van der Waals surface area (Å²) in [5.74, 6) is 0.581. The van der Waals surface area contributed by atoms with Gasteiger partial charge in [0.1, 0.15) is 12.4 Å². The second-order valence-corrected chi connectivity index (χ2v) is 6.08. The largest absolute Gasteiger partial charge is 0.491 e. The molecule has 116 valence electrons. The van der Waals surface area contributed by atoms with Crippen molar-refractivity contribution in [2.75, 3.05) is 18.5 Å². The lowest BCUT2D eigenvalue weighted by molar-refractivity contribution is 0.0679. The van der Waals surface area contributed by atoms with E-state index in [4.69, 9.17) is 9.47 Å². The van der Waals surface area contributed by atoms with Gasteiger partial charge in [-0.05, 0) is 44.0 Å². The molecule has 0 radical (unpaired) electrons. The van der Waals surface area contributed by atoms with Gasteiger partial charge in [-0.2, -0.15) is 0 Å². The normalized spacial score (nSPS) is 17.4. The summed E-state index contributed by atoms with van der Waals surface area (Å²) >= 11 is 1.42. The van der Waals surface area contributed by atoms with Crippen LogP contribution in [0, 0.1) is 6.92 Å². The van der Waals surface area contributed by atoms with Crippen LogP contribution in [0.5, 0.6) is 5.75 Å². The fraction of sp³-hybridized carbons (Fsp3) is 0.375. The van der Waals surface area contributed by atoms with E-state index in [1.165, 1.54) is 11.3 Å². The van der Waals surface area contributed by atoms with Gasteiger partial charge in [0.25, 0.3) is 5.91 Å². The van der Waals surface area contributed by atoms with E-state index in [9.17, 15) is 4.79 Å². The van der Waals surface area contributed by atoms with Gasteiger partial charge in [-0.1, -0.05) is 0 Å². The molecule has 0 bridgehead atoms. The van der Waals surface area contributed by atoms with Gasteiger partial charge in [-0.3, -0.25) is 10.1 Å². The molecule has 2 heterocycles. The van der Waals surface area contributed by atoms with Crippen LogP contribution in [0.15, 0.2) is 29.6 Å². The lowest BCUT2D eigenvalue weighted by Crippen LogP contribution is -2.16. The van der Waals surface area contributed by atoms with Gasteiger partial charge in [0.2, 0.25) is 0 Å². The summed E-state index contributed by atoms with van der Waals surface area (Å²) in [5.41, 5.74) is 1.48. The molecule has 1 N–H and O–H groups in total. The van der Waals surface area contributed by atoms with E-state index in [-0.39, 0.29) is 12.0 Å². The molecule has 3 rings (SSSR count). The molecule has 22 heavy (non-hydrogen) atoms. The number of nitrogens with zero attached hydrogens (tertiary/aromatic N) is 1. The van der Waals surface area contributed by atoms with E-state index in [1.807, 2.05) is 12.3 Å². The van der Waals surface area contributed by atoms with Crippen LogP contribution in [0.3, 0.4) is 0 Å². The Kier molecular flexibility index (Phi) is 4.70. The minimum atomic E-state index is -0.167. The third kappa shape index (κ3) is 3.84. The molecule has 1 saturated heterocycles. The zero-order valence-corrected chi connectivity index (χ0v) is 13.2. The molecule has 0 aliphatic carbocycles. The van der Waals surface area contributed by atoms with Crippen molar-refractivity contribution in [3.05, 3.63) is 40.9 Å². The maximum atomic E-state index is 12.1. The predicted molar refractivity (Wildman–Crippen MR) is 85.7 cm³/mol. The van der Waals surface area contributed by atoms with Gasteiger partial charge < -0.3 is 9.47 Å². The molecule has 1 fully saturated rings. The van der Waals surface area contributed by atoms with Crippen molar-refractivity contribution in [3.63, 3.8) is 0 Å². The van der Waals surface area contributed by atoms with Gasteiger partial charge >= 0.3 is 0 Å². The second-order valence-electron chi connectivity index (χ2n) is 5.22. The zero-order chi connectivity index (χ0) is 15.4. The second kappa shape index (κ2) is 6.89. The van der Waals surface area contributed by atoms with E-state index < -0.39 is 0 Å². The first-order valence-electron chi connectivity index (χ1n) is 7.28. The molecule has 0 unspecified atom stereocenters. The summed E-state index contributed by atoms with van der Waals surface area (Å²) in [6.45, 7) is 3.28. The molecule has 1 amide bonds. The van der Waals surface area contributed by atoms with Crippen LogP contribution in [-0.2, 0) is 4.74 Å². The Balaban J connectivity index is 1.54. The molecule has 1 aromatic heterocycles. The highest BCUT2D eigenvalue weighted by Gasteiger charge is 2.16. The molecule has 0 saturated carbocycles. The summed E-state index contributed by atoms with van der Waals surface area (Å²) in [5, 5.41) is 5.30. The fourth-order valence-electron chi connectivity index (χ4n) is 2.25. The lowest BCUT2D eigenvalue weighted by Gasteiger charge is -2.11. The number of hydrogen-bond donors (Lipinski definition) is 1. The van der Waals surface area contributed by atoms with Gasteiger partial charge in [0, 0.05) is 17.6 Å². The number of anilines is 1. The predicted octanol–water partition coefficient (Wildman–Crippen LogP) is 3.26. The summed E-state index contributed by atoms with van der Waals surface area (Å²) in [6, 6.07) is 7.11. The average Bonchev–Trinajstić information content (AvgIpc) is 3.17. The molecule has 1 aromatic carbocycles. The molecule has 5 nitrogen and oxygen atoms in total. The van der Waals surface area contributed by atoms with Crippen LogP contribution in [0.1, 0.15) is 28.9 Å². The van der Waals surface area contributed by atoms with Crippen LogP contribution in [0.4, 0.5) is 5.13 Å². The monoisotopic (exact) mass is 318 g/mol. The number of hydrogen-bond acceptors (Lipinski definition) is 5. The number of carbonyl (C=O) groups is 1. The Hall–Kier alpha value is -1.92. The summed E-state index contributed by atoms with van der Waals surface area (Å²) in [7, 11) is 0. The Bertz CT molecular complexity index is 633. The number of benzene rings is 1. The van der Waals surface area contributed by atoms with Crippen molar-refractivity contribution in [3.8, 4) is 5.75 Å². The van der Waals surface area contributed by atoms with E-state index in [2.05, 4.69) is 10.3 Å². The Labute approximate surface area is 133 Å². The quantitative estimate of drug-likeness (QED) is 0.919. The van der Waals surface area contributed by atoms with Crippen molar-refractivity contribution in [2.24, 2.45) is 0 Å². The molecule has 6 heteroatoms. The Morgan fingerprint density at radius 1 is 1.45 bits per heavy atom. The minimum Gasteiger partial charge on any atom is -0.491 e. The number of amides is 1. The Morgan fingerprint density at radius 3 is 2.91 bits per heavy atom. The molecule has 2 aromatic rings.